The molecule has 0 aliphatic carbocycles. The second-order valence-electron chi connectivity index (χ2n) is 8.77. The summed E-state index contributed by atoms with van der Waals surface area (Å²) in [6.07, 6.45) is 3.44. The van der Waals surface area contributed by atoms with Crippen molar-refractivity contribution < 1.29 is 4.79 Å². The van der Waals surface area contributed by atoms with Crippen LogP contribution in [-0.2, 0) is 0 Å². The Kier molecular flexibility index (Phi) is 6.94. The predicted molar refractivity (Wildman–Crippen MR) is 140 cm³/mol. The molecule has 1 fully saturated rings. The highest BCUT2D eigenvalue weighted by Crippen LogP contribution is 2.25. The normalized spacial score (nSPS) is 14.8. The van der Waals surface area contributed by atoms with Crippen LogP contribution in [0.3, 0.4) is 0 Å². The minimum absolute atomic E-state index is 0.104. The number of rotatable bonds is 7. The average Bonchev–Trinajstić information content (AvgIpc) is 3.29. The molecule has 35 heavy (non-hydrogen) atoms. The van der Waals surface area contributed by atoms with Crippen molar-refractivity contribution in [3.8, 4) is 5.82 Å². The summed E-state index contributed by atoms with van der Waals surface area (Å²) < 4.78 is 1.75. The number of nitrogens with one attached hydrogen (secondary N) is 2. The van der Waals surface area contributed by atoms with Crippen molar-refractivity contribution in [1.82, 2.24) is 29.9 Å². The van der Waals surface area contributed by atoms with Gasteiger partial charge >= 0.3 is 0 Å². The summed E-state index contributed by atoms with van der Waals surface area (Å²) in [5.41, 5.74) is 3.32. The van der Waals surface area contributed by atoms with E-state index < -0.39 is 0 Å². The fourth-order valence-electron chi connectivity index (χ4n) is 4.20. The molecule has 2 aromatic carbocycles. The molecule has 0 saturated carbocycles. The van der Waals surface area contributed by atoms with Gasteiger partial charge in [-0.05, 0) is 55.6 Å². The van der Waals surface area contributed by atoms with Gasteiger partial charge in [0.05, 0.1) is 11.7 Å². The van der Waals surface area contributed by atoms with E-state index in [1.807, 2.05) is 42.5 Å². The standard InChI is InChI=1S/C26H28ClN7O/c1-32-11-13-33(14-12-32)10-9-29-26(35)19-7-8-28-25(16-19)34-24-6-5-23(15-20(24)18-30-34)31-22-4-2-3-21(27)17-22/h2-8,15-18,31H,9-14H2,1H3,(H,29,35). The molecule has 2 N–H and O–H groups in total. The zero-order valence-corrected chi connectivity index (χ0v) is 20.4. The largest absolute Gasteiger partial charge is 0.355 e. The maximum absolute atomic E-state index is 12.8. The smallest absolute Gasteiger partial charge is 0.251 e. The van der Waals surface area contributed by atoms with E-state index in [1.165, 1.54) is 0 Å². The first-order valence-electron chi connectivity index (χ1n) is 11.7. The van der Waals surface area contributed by atoms with E-state index in [9.17, 15) is 4.79 Å². The average molecular weight is 490 g/mol. The number of carbonyl (C=O) groups excluding carboxylic acids is 1. The molecule has 0 radical (unpaired) electrons. The van der Waals surface area contributed by atoms with Gasteiger partial charge in [0.2, 0.25) is 0 Å². The summed E-state index contributed by atoms with van der Waals surface area (Å²) >= 11 is 6.09. The van der Waals surface area contributed by atoms with Crippen LogP contribution in [0.2, 0.25) is 5.02 Å². The topological polar surface area (TPSA) is 78.3 Å². The van der Waals surface area contributed by atoms with Gasteiger partial charge in [-0.2, -0.15) is 5.10 Å². The lowest BCUT2D eigenvalue weighted by atomic mass is 10.2. The lowest BCUT2D eigenvalue weighted by Gasteiger charge is -2.32. The van der Waals surface area contributed by atoms with Crippen LogP contribution in [0.4, 0.5) is 11.4 Å². The fourth-order valence-corrected chi connectivity index (χ4v) is 4.39. The first-order valence-corrected chi connectivity index (χ1v) is 12.1. The third-order valence-corrected chi connectivity index (χ3v) is 6.45. The minimum atomic E-state index is -0.104. The molecular weight excluding hydrogens is 462 g/mol. The van der Waals surface area contributed by atoms with E-state index in [2.05, 4.69) is 37.6 Å². The molecule has 1 aliphatic rings. The number of likely N-dealkylation sites (N-methyl/N-ethyl adjacent to an activating group) is 1. The number of benzene rings is 2. The highest BCUT2D eigenvalue weighted by Gasteiger charge is 2.15. The summed E-state index contributed by atoms with van der Waals surface area (Å²) in [4.78, 5) is 21.9. The molecule has 1 amide bonds. The first kappa shape index (κ1) is 23.3. The van der Waals surface area contributed by atoms with E-state index in [0.717, 1.165) is 55.0 Å². The second kappa shape index (κ2) is 10.4. The number of hydrogen-bond donors (Lipinski definition) is 2. The summed E-state index contributed by atoms with van der Waals surface area (Å²) in [5, 5.41) is 12.6. The maximum atomic E-state index is 12.8. The Bertz CT molecular complexity index is 1330. The molecule has 180 valence electrons. The molecule has 0 atom stereocenters. The van der Waals surface area contributed by atoms with Crippen LogP contribution in [0.25, 0.3) is 16.7 Å². The fraction of sp³-hybridized carbons (Fsp3) is 0.269. The van der Waals surface area contributed by atoms with Crippen LogP contribution in [0, 0.1) is 0 Å². The van der Waals surface area contributed by atoms with Gasteiger partial charge in [-0.15, -0.1) is 0 Å². The van der Waals surface area contributed by atoms with E-state index in [4.69, 9.17) is 11.6 Å². The van der Waals surface area contributed by atoms with Crippen molar-refractivity contribution in [1.29, 1.82) is 0 Å². The van der Waals surface area contributed by atoms with Crippen molar-refractivity contribution in [2.45, 2.75) is 0 Å². The van der Waals surface area contributed by atoms with E-state index in [0.29, 0.717) is 22.9 Å². The Morgan fingerprint density at radius 2 is 1.86 bits per heavy atom. The molecule has 4 aromatic rings. The summed E-state index contributed by atoms with van der Waals surface area (Å²) in [5.74, 6) is 0.495. The second-order valence-corrected chi connectivity index (χ2v) is 9.21. The summed E-state index contributed by atoms with van der Waals surface area (Å²) in [7, 11) is 2.14. The molecule has 0 bridgehead atoms. The number of anilines is 2. The number of halogens is 1. The highest BCUT2D eigenvalue weighted by atomic mass is 35.5. The van der Waals surface area contributed by atoms with Crippen molar-refractivity contribution in [2.24, 2.45) is 0 Å². The van der Waals surface area contributed by atoms with Gasteiger partial charge in [0, 0.05) is 72.8 Å². The molecule has 3 heterocycles. The van der Waals surface area contributed by atoms with Crippen LogP contribution in [0.15, 0.2) is 67.0 Å². The van der Waals surface area contributed by atoms with Gasteiger partial charge in [-0.1, -0.05) is 17.7 Å². The van der Waals surface area contributed by atoms with Crippen LogP contribution in [-0.4, -0.2) is 76.8 Å². The molecular formula is C26H28ClN7O. The Labute approximate surface area is 209 Å². The van der Waals surface area contributed by atoms with Crippen LogP contribution >= 0.6 is 11.6 Å². The van der Waals surface area contributed by atoms with Crippen molar-refractivity contribution in [3.63, 3.8) is 0 Å². The monoisotopic (exact) mass is 489 g/mol. The van der Waals surface area contributed by atoms with Crippen molar-refractivity contribution >= 4 is 39.8 Å². The summed E-state index contributed by atoms with van der Waals surface area (Å²) in [6.45, 7) is 5.68. The molecule has 8 nitrogen and oxygen atoms in total. The molecule has 2 aromatic heterocycles. The van der Waals surface area contributed by atoms with Gasteiger partial charge in [0.25, 0.3) is 5.91 Å². The quantitative estimate of drug-likeness (QED) is 0.411. The number of aromatic nitrogens is 3. The highest BCUT2D eigenvalue weighted by molar-refractivity contribution is 6.30. The number of pyridine rings is 1. The van der Waals surface area contributed by atoms with Gasteiger partial charge in [0.1, 0.15) is 0 Å². The number of fused-ring (bicyclic) bond motifs is 1. The number of hydrogen-bond acceptors (Lipinski definition) is 6. The number of amides is 1. The van der Waals surface area contributed by atoms with E-state index >= 15 is 0 Å². The minimum Gasteiger partial charge on any atom is -0.355 e. The van der Waals surface area contributed by atoms with Crippen LogP contribution in [0.5, 0.6) is 0 Å². The summed E-state index contributed by atoms with van der Waals surface area (Å²) in [6, 6.07) is 17.1. The first-order chi connectivity index (χ1) is 17.0. The Morgan fingerprint density at radius 1 is 1.03 bits per heavy atom. The lowest BCUT2D eigenvalue weighted by molar-refractivity contribution is 0.0941. The molecule has 0 spiro atoms. The van der Waals surface area contributed by atoms with Gasteiger partial charge in [-0.3, -0.25) is 9.69 Å². The molecule has 1 saturated heterocycles. The van der Waals surface area contributed by atoms with Crippen LogP contribution in [0.1, 0.15) is 10.4 Å². The van der Waals surface area contributed by atoms with Crippen molar-refractivity contribution in [2.75, 3.05) is 51.6 Å². The lowest BCUT2D eigenvalue weighted by Crippen LogP contribution is -2.46. The Morgan fingerprint density at radius 3 is 2.69 bits per heavy atom. The van der Waals surface area contributed by atoms with Gasteiger partial charge in [0.15, 0.2) is 5.82 Å². The van der Waals surface area contributed by atoms with E-state index in [1.54, 1.807) is 29.2 Å². The van der Waals surface area contributed by atoms with E-state index in [-0.39, 0.29) is 5.91 Å². The zero-order chi connectivity index (χ0) is 24.2. The molecule has 0 unspecified atom stereocenters. The maximum Gasteiger partial charge on any atom is 0.251 e. The number of carbonyl (C=O) groups is 1. The Balaban J connectivity index is 1.26. The third kappa shape index (κ3) is 5.62. The van der Waals surface area contributed by atoms with Gasteiger partial charge < -0.3 is 15.5 Å². The zero-order valence-electron chi connectivity index (χ0n) is 19.6. The third-order valence-electron chi connectivity index (χ3n) is 6.22. The number of piperazine rings is 1. The predicted octanol–water partition coefficient (Wildman–Crippen LogP) is 3.79. The molecule has 9 heteroatoms. The Hall–Kier alpha value is -3.46. The van der Waals surface area contributed by atoms with Crippen LogP contribution < -0.4 is 10.6 Å². The number of nitrogens with zero attached hydrogens (tertiary/aromatic N) is 5. The van der Waals surface area contributed by atoms with Gasteiger partial charge in [-0.25, -0.2) is 9.67 Å². The molecule has 5 rings (SSSR count). The van der Waals surface area contributed by atoms with Crippen molar-refractivity contribution in [3.05, 3.63) is 77.6 Å². The SMILES string of the molecule is CN1CCN(CCNC(=O)c2ccnc(-n3ncc4cc(Nc5cccc(Cl)c5)ccc43)c2)CC1. The molecule has 1 aliphatic heterocycles.